The first-order valence-corrected chi connectivity index (χ1v) is 5.25. The van der Waals surface area contributed by atoms with Crippen molar-refractivity contribution in [1.29, 1.82) is 0 Å². The van der Waals surface area contributed by atoms with Gasteiger partial charge in [-0.1, -0.05) is 19.1 Å². The Bertz CT molecular complexity index is 443. The maximum absolute atomic E-state index is 3.52. The maximum atomic E-state index is 3.52. The lowest BCUT2D eigenvalue weighted by Gasteiger charge is -2.00. The number of halogens is 1. The average molecular weight is 238 g/mol. The van der Waals surface area contributed by atoms with E-state index in [-0.39, 0.29) is 0 Å². The Kier molecular flexibility index (Phi) is 2.16. The van der Waals surface area contributed by atoms with E-state index in [9.17, 15) is 0 Å². The summed E-state index contributed by atoms with van der Waals surface area (Å²) in [6.07, 6.45) is 1.10. The van der Waals surface area contributed by atoms with Crippen LogP contribution in [-0.2, 0) is 13.5 Å². The largest absolute Gasteiger partial charge is 0.338 e. The Morgan fingerprint density at radius 3 is 2.77 bits per heavy atom. The van der Waals surface area contributed by atoms with Crippen LogP contribution in [0.1, 0.15) is 12.5 Å². The van der Waals surface area contributed by atoms with Crippen LogP contribution in [0.15, 0.2) is 28.9 Å². The van der Waals surface area contributed by atoms with Crippen molar-refractivity contribution in [1.82, 2.24) is 4.57 Å². The van der Waals surface area contributed by atoms with Gasteiger partial charge >= 0.3 is 0 Å². The van der Waals surface area contributed by atoms with Crippen molar-refractivity contribution in [2.45, 2.75) is 13.3 Å². The van der Waals surface area contributed by atoms with Crippen LogP contribution >= 0.6 is 15.9 Å². The molecule has 0 amide bonds. The summed E-state index contributed by atoms with van der Waals surface area (Å²) in [6, 6.07) is 8.77. The van der Waals surface area contributed by atoms with E-state index in [1.807, 2.05) is 0 Å². The molecule has 0 unspecified atom stereocenters. The summed E-state index contributed by atoms with van der Waals surface area (Å²) in [7, 11) is 2.08. The molecule has 0 aliphatic heterocycles. The topological polar surface area (TPSA) is 4.93 Å². The molecule has 2 heteroatoms. The highest BCUT2D eigenvalue weighted by Crippen LogP contribution is 2.23. The number of hydrogen-bond acceptors (Lipinski definition) is 0. The zero-order valence-corrected chi connectivity index (χ0v) is 9.43. The number of rotatable bonds is 1. The van der Waals surface area contributed by atoms with Gasteiger partial charge in [0.25, 0.3) is 0 Å². The quantitative estimate of drug-likeness (QED) is 0.716. The summed E-state index contributed by atoms with van der Waals surface area (Å²) >= 11 is 3.52. The monoisotopic (exact) mass is 237 g/mol. The standard InChI is InChI=1S/C11H12BrN/c1-3-8-4-5-9-7-11(12)13(2)10(9)6-8/h4-7H,3H2,1-2H3. The lowest BCUT2D eigenvalue weighted by atomic mass is 10.1. The molecule has 1 aromatic heterocycles. The van der Waals surface area contributed by atoms with Gasteiger partial charge in [0, 0.05) is 18.0 Å². The van der Waals surface area contributed by atoms with E-state index in [1.54, 1.807) is 0 Å². The van der Waals surface area contributed by atoms with E-state index in [2.05, 4.69) is 58.7 Å². The van der Waals surface area contributed by atoms with E-state index in [0.717, 1.165) is 11.0 Å². The summed E-state index contributed by atoms with van der Waals surface area (Å²) in [5.74, 6) is 0. The molecule has 0 saturated heterocycles. The lowest BCUT2D eigenvalue weighted by molar-refractivity contribution is 0.939. The van der Waals surface area contributed by atoms with Crippen molar-refractivity contribution in [2.75, 3.05) is 0 Å². The van der Waals surface area contributed by atoms with E-state index in [0.29, 0.717) is 0 Å². The molecule has 0 bridgehead atoms. The van der Waals surface area contributed by atoms with Crippen LogP contribution in [0.2, 0.25) is 0 Å². The fourth-order valence-corrected chi connectivity index (χ4v) is 2.00. The molecule has 0 atom stereocenters. The molecule has 0 fully saturated rings. The first kappa shape index (κ1) is 8.82. The second-order valence-corrected chi connectivity index (χ2v) is 4.09. The highest BCUT2D eigenvalue weighted by atomic mass is 79.9. The lowest BCUT2D eigenvalue weighted by Crippen LogP contribution is -1.87. The first-order valence-electron chi connectivity index (χ1n) is 4.46. The smallest absolute Gasteiger partial charge is 0.0854 e. The first-order chi connectivity index (χ1) is 6.22. The van der Waals surface area contributed by atoms with Gasteiger partial charge in [-0.05, 0) is 40.0 Å². The third-order valence-corrected chi connectivity index (χ3v) is 3.22. The molecule has 2 rings (SSSR count). The second-order valence-electron chi connectivity index (χ2n) is 3.27. The SMILES string of the molecule is CCc1ccc2cc(Br)n(C)c2c1. The van der Waals surface area contributed by atoms with Crippen LogP contribution in [0.4, 0.5) is 0 Å². The Hall–Kier alpha value is -0.760. The molecular weight excluding hydrogens is 226 g/mol. The molecule has 1 aromatic carbocycles. The molecule has 0 aliphatic rings. The molecule has 68 valence electrons. The van der Waals surface area contributed by atoms with Gasteiger partial charge in [-0.25, -0.2) is 0 Å². The number of benzene rings is 1. The van der Waals surface area contributed by atoms with Gasteiger partial charge in [0.15, 0.2) is 0 Å². The summed E-state index contributed by atoms with van der Waals surface area (Å²) in [5, 5.41) is 1.30. The van der Waals surface area contributed by atoms with Crippen molar-refractivity contribution in [3.8, 4) is 0 Å². The third-order valence-electron chi connectivity index (χ3n) is 2.46. The highest BCUT2D eigenvalue weighted by molar-refractivity contribution is 9.10. The molecule has 0 aliphatic carbocycles. The number of aryl methyl sites for hydroxylation is 2. The summed E-state index contributed by atoms with van der Waals surface area (Å²) in [6.45, 7) is 2.18. The third kappa shape index (κ3) is 1.39. The van der Waals surface area contributed by atoms with Gasteiger partial charge in [0.2, 0.25) is 0 Å². The molecule has 1 heterocycles. The zero-order chi connectivity index (χ0) is 9.42. The van der Waals surface area contributed by atoms with Crippen molar-refractivity contribution in [3.63, 3.8) is 0 Å². The van der Waals surface area contributed by atoms with Crippen molar-refractivity contribution < 1.29 is 0 Å². The van der Waals surface area contributed by atoms with Crippen molar-refractivity contribution >= 4 is 26.8 Å². The van der Waals surface area contributed by atoms with Crippen molar-refractivity contribution in [2.24, 2.45) is 7.05 Å². The Morgan fingerprint density at radius 2 is 2.08 bits per heavy atom. The fraction of sp³-hybridized carbons (Fsp3) is 0.273. The van der Waals surface area contributed by atoms with E-state index >= 15 is 0 Å². The van der Waals surface area contributed by atoms with Crippen LogP contribution in [0.3, 0.4) is 0 Å². The molecular formula is C11H12BrN. The van der Waals surface area contributed by atoms with Crippen LogP contribution < -0.4 is 0 Å². The summed E-state index contributed by atoms with van der Waals surface area (Å²) in [4.78, 5) is 0. The van der Waals surface area contributed by atoms with Crippen molar-refractivity contribution in [3.05, 3.63) is 34.4 Å². The summed E-state index contributed by atoms with van der Waals surface area (Å²) < 4.78 is 3.30. The van der Waals surface area contributed by atoms with Crippen LogP contribution in [0, 0.1) is 0 Å². The molecule has 0 spiro atoms. The number of fused-ring (bicyclic) bond motifs is 1. The van der Waals surface area contributed by atoms with E-state index in [4.69, 9.17) is 0 Å². The molecule has 1 nitrogen and oxygen atoms in total. The highest BCUT2D eigenvalue weighted by Gasteiger charge is 2.02. The number of nitrogens with zero attached hydrogens (tertiary/aromatic N) is 1. The fourth-order valence-electron chi connectivity index (χ4n) is 1.56. The molecule has 0 N–H and O–H groups in total. The van der Waals surface area contributed by atoms with Gasteiger partial charge in [0.1, 0.15) is 0 Å². The van der Waals surface area contributed by atoms with Crippen LogP contribution in [0.25, 0.3) is 10.9 Å². The van der Waals surface area contributed by atoms with Gasteiger partial charge in [-0.15, -0.1) is 0 Å². The molecule has 2 aromatic rings. The summed E-state index contributed by atoms with van der Waals surface area (Å²) in [5.41, 5.74) is 2.69. The van der Waals surface area contributed by atoms with Gasteiger partial charge in [0.05, 0.1) is 4.60 Å². The van der Waals surface area contributed by atoms with Gasteiger partial charge < -0.3 is 4.57 Å². The minimum Gasteiger partial charge on any atom is -0.338 e. The molecule has 13 heavy (non-hydrogen) atoms. The van der Waals surface area contributed by atoms with Crippen LogP contribution in [0.5, 0.6) is 0 Å². The predicted octanol–water partition coefficient (Wildman–Crippen LogP) is 3.50. The molecule has 0 radical (unpaired) electrons. The Labute approximate surface area is 86.5 Å². The average Bonchev–Trinajstić information content (AvgIpc) is 2.43. The predicted molar refractivity (Wildman–Crippen MR) is 60.0 cm³/mol. The Morgan fingerprint density at radius 1 is 1.31 bits per heavy atom. The zero-order valence-electron chi connectivity index (χ0n) is 7.84. The number of aromatic nitrogens is 1. The van der Waals surface area contributed by atoms with Gasteiger partial charge in [-0.2, -0.15) is 0 Å². The minimum atomic E-state index is 1.10. The van der Waals surface area contributed by atoms with Crippen LogP contribution in [-0.4, -0.2) is 4.57 Å². The second kappa shape index (κ2) is 3.18. The van der Waals surface area contributed by atoms with E-state index in [1.165, 1.54) is 16.5 Å². The number of hydrogen-bond donors (Lipinski definition) is 0. The Balaban J connectivity index is 2.75. The van der Waals surface area contributed by atoms with E-state index < -0.39 is 0 Å². The molecule has 0 saturated carbocycles. The van der Waals surface area contributed by atoms with Gasteiger partial charge in [-0.3, -0.25) is 0 Å². The maximum Gasteiger partial charge on any atom is 0.0854 e. The normalized spacial score (nSPS) is 11.0. The minimum absolute atomic E-state index is 1.10.